The largest absolute Gasteiger partial charge is 0.573 e. The Balaban J connectivity index is 2.77. The normalized spacial score (nSPS) is 11.1. The van der Waals surface area contributed by atoms with Crippen molar-refractivity contribution < 1.29 is 27.4 Å². The summed E-state index contributed by atoms with van der Waals surface area (Å²) in [6.45, 7) is 1.88. The Morgan fingerprint density at radius 1 is 1.39 bits per heavy atom. The van der Waals surface area contributed by atoms with Gasteiger partial charge in [0.15, 0.2) is 0 Å². The standard InChI is InChI=1S/C11H12F3NO3/c1-2-17-10(16)5-7-3-4-8(6-9(7)15)18-11(12,13)14/h3-4,6H,2,5,15H2,1H3. The van der Waals surface area contributed by atoms with E-state index in [1.54, 1.807) is 6.92 Å². The first-order valence-electron chi connectivity index (χ1n) is 5.11. The Hall–Kier alpha value is -1.92. The molecule has 2 N–H and O–H groups in total. The molecule has 0 spiro atoms. The van der Waals surface area contributed by atoms with Crippen LogP contribution < -0.4 is 10.5 Å². The Bertz CT molecular complexity index is 432. The summed E-state index contributed by atoms with van der Waals surface area (Å²) in [4.78, 5) is 11.2. The SMILES string of the molecule is CCOC(=O)Cc1ccc(OC(F)(F)F)cc1N. The minimum atomic E-state index is -4.77. The number of ether oxygens (including phenoxy) is 2. The highest BCUT2D eigenvalue weighted by atomic mass is 19.4. The predicted octanol–water partition coefficient (Wildman–Crippen LogP) is 2.27. The molecule has 1 aromatic rings. The van der Waals surface area contributed by atoms with Gasteiger partial charge in [0.05, 0.1) is 13.0 Å². The fourth-order valence-electron chi connectivity index (χ4n) is 1.30. The number of rotatable bonds is 4. The molecule has 0 radical (unpaired) electrons. The van der Waals surface area contributed by atoms with Crippen molar-refractivity contribution in [2.45, 2.75) is 19.7 Å². The summed E-state index contributed by atoms with van der Waals surface area (Å²) in [5.41, 5.74) is 5.97. The number of hydrogen-bond donors (Lipinski definition) is 1. The van der Waals surface area contributed by atoms with E-state index in [4.69, 9.17) is 10.5 Å². The zero-order valence-corrected chi connectivity index (χ0v) is 9.58. The Morgan fingerprint density at radius 2 is 2.06 bits per heavy atom. The first-order valence-corrected chi connectivity index (χ1v) is 5.11. The van der Waals surface area contributed by atoms with E-state index in [9.17, 15) is 18.0 Å². The molecule has 0 unspecified atom stereocenters. The minimum Gasteiger partial charge on any atom is -0.466 e. The summed E-state index contributed by atoms with van der Waals surface area (Å²) in [5, 5.41) is 0. The molecule has 7 heteroatoms. The van der Waals surface area contributed by atoms with Crippen molar-refractivity contribution in [2.75, 3.05) is 12.3 Å². The van der Waals surface area contributed by atoms with E-state index in [0.717, 1.165) is 12.1 Å². The number of carbonyl (C=O) groups excluding carboxylic acids is 1. The van der Waals surface area contributed by atoms with Crippen molar-refractivity contribution in [1.82, 2.24) is 0 Å². The number of nitrogens with two attached hydrogens (primary N) is 1. The third-order valence-corrected chi connectivity index (χ3v) is 1.99. The van der Waals surface area contributed by atoms with Crippen LogP contribution in [0.3, 0.4) is 0 Å². The van der Waals surface area contributed by atoms with Gasteiger partial charge in [0.2, 0.25) is 0 Å². The average Bonchev–Trinajstić information content (AvgIpc) is 2.20. The van der Waals surface area contributed by atoms with Crippen molar-refractivity contribution in [3.8, 4) is 5.75 Å². The van der Waals surface area contributed by atoms with Gasteiger partial charge < -0.3 is 15.2 Å². The van der Waals surface area contributed by atoms with Gasteiger partial charge in [-0.25, -0.2) is 0 Å². The maximum atomic E-state index is 11.9. The van der Waals surface area contributed by atoms with Crippen LogP contribution in [0.1, 0.15) is 12.5 Å². The lowest BCUT2D eigenvalue weighted by atomic mass is 10.1. The van der Waals surface area contributed by atoms with Crippen LogP contribution in [0.4, 0.5) is 18.9 Å². The van der Waals surface area contributed by atoms with Gasteiger partial charge in [-0.05, 0) is 18.6 Å². The quantitative estimate of drug-likeness (QED) is 0.668. The predicted molar refractivity (Wildman–Crippen MR) is 57.9 cm³/mol. The van der Waals surface area contributed by atoms with Crippen LogP contribution in [0.15, 0.2) is 18.2 Å². The van der Waals surface area contributed by atoms with E-state index in [1.807, 2.05) is 0 Å². The van der Waals surface area contributed by atoms with Crippen molar-refractivity contribution in [3.63, 3.8) is 0 Å². The van der Waals surface area contributed by atoms with Crippen LogP contribution in [0.5, 0.6) is 5.75 Å². The number of alkyl halides is 3. The van der Waals surface area contributed by atoms with Gasteiger partial charge in [0, 0.05) is 11.8 Å². The van der Waals surface area contributed by atoms with Crippen molar-refractivity contribution in [1.29, 1.82) is 0 Å². The molecule has 4 nitrogen and oxygen atoms in total. The highest BCUT2D eigenvalue weighted by Crippen LogP contribution is 2.26. The first-order chi connectivity index (χ1) is 8.31. The Kier molecular flexibility index (Phi) is 4.41. The van der Waals surface area contributed by atoms with Gasteiger partial charge in [-0.3, -0.25) is 4.79 Å². The molecule has 0 saturated heterocycles. The van der Waals surface area contributed by atoms with Crippen LogP contribution in [0.2, 0.25) is 0 Å². The van der Waals surface area contributed by atoms with Gasteiger partial charge in [0.1, 0.15) is 5.75 Å². The van der Waals surface area contributed by atoms with E-state index in [2.05, 4.69) is 4.74 Å². The lowest BCUT2D eigenvalue weighted by Crippen LogP contribution is -2.17. The molecule has 0 aliphatic rings. The molecular formula is C11H12F3NO3. The summed E-state index contributed by atoms with van der Waals surface area (Å²) in [6.07, 6.45) is -4.86. The minimum absolute atomic E-state index is 0.0461. The molecule has 100 valence electrons. The topological polar surface area (TPSA) is 61.5 Å². The third-order valence-electron chi connectivity index (χ3n) is 1.99. The maximum absolute atomic E-state index is 11.9. The second-order valence-corrected chi connectivity index (χ2v) is 3.39. The summed E-state index contributed by atoms with van der Waals surface area (Å²) < 4.78 is 44.2. The van der Waals surface area contributed by atoms with Crippen LogP contribution in [0.25, 0.3) is 0 Å². The molecule has 1 rings (SSSR count). The molecule has 0 aliphatic carbocycles. The van der Waals surface area contributed by atoms with Crippen LogP contribution in [-0.2, 0) is 16.0 Å². The summed E-state index contributed by atoms with van der Waals surface area (Å²) in [5.74, 6) is -0.915. The number of hydrogen-bond acceptors (Lipinski definition) is 4. The van der Waals surface area contributed by atoms with Crippen LogP contribution >= 0.6 is 0 Å². The number of esters is 1. The Morgan fingerprint density at radius 3 is 2.56 bits per heavy atom. The van der Waals surface area contributed by atoms with Gasteiger partial charge in [-0.1, -0.05) is 6.07 Å². The van der Waals surface area contributed by atoms with Gasteiger partial charge in [0.25, 0.3) is 0 Å². The second kappa shape index (κ2) is 5.61. The lowest BCUT2D eigenvalue weighted by molar-refractivity contribution is -0.274. The molecule has 1 aromatic carbocycles. The van der Waals surface area contributed by atoms with E-state index in [1.165, 1.54) is 6.07 Å². The number of nitrogen functional groups attached to an aromatic ring is 1. The Labute approximate surface area is 101 Å². The van der Waals surface area contributed by atoms with Crippen molar-refractivity contribution in [2.24, 2.45) is 0 Å². The van der Waals surface area contributed by atoms with Crippen LogP contribution in [-0.4, -0.2) is 18.9 Å². The fourth-order valence-corrected chi connectivity index (χ4v) is 1.30. The third kappa shape index (κ3) is 4.52. The van der Waals surface area contributed by atoms with E-state index in [-0.39, 0.29) is 18.7 Å². The number of anilines is 1. The first kappa shape index (κ1) is 14.1. The lowest BCUT2D eigenvalue weighted by Gasteiger charge is -2.11. The average molecular weight is 263 g/mol. The smallest absolute Gasteiger partial charge is 0.466 e. The van der Waals surface area contributed by atoms with Gasteiger partial charge in [-0.15, -0.1) is 13.2 Å². The highest BCUT2D eigenvalue weighted by Gasteiger charge is 2.31. The summed E-state index contributed by atoms with van der Waals surface area (Å²) in [6, 6.07) is 3.41. The molecule has 0 saturated carbocycles. The van der Waals surface area contributed by atoms with Crippen molar-refractivity contribution >= 4 is 11.7 Å². The van der Waals surface area contributed by atoms with Gasteiger partial charge >= 0.3 is 12.3 Å². The molecule has 0 fully saturated rings. The molecule has 18 heavy (non-hydrogen) atoms. The molecule has 0 heterocycles. The molecule has 0 aromatic heterocycles. The number of benzene rings is 1. The molecular weight excluding hydrogens is 251 g/mol. The fraction of sp³-hybridized carbons (Fsp3) is 0.364. The van der Waals surface area contributed by atoms with E-state index < -0.39 is 18.1 Å². The molecule has 0 atom stereocenters. The van der Waals surface area contributed by atoms with Gasteiger partial charge in [-0.2, -0.15) is 0 Å². The summed E-state index contributed by atoms with van der Waals surface area (Å²) in [7, 11) is 0. The van der Waals surface area contributed by atoms with E-state index in [0.29, 0.717) is 5.56 Å². The second-order valence-electron chi connectivity index (χ2n) is 3.39. The zero-order valence-electron chi connectivity index (χ0n) is 9.58. The maximum Gasteiger partial charge on any atom is 0.573 e. The molecule has 0 bridgehead atoms. The van der Waals surface area contributed by atoms with Crippen LogP contribution in [0, 0.1) is 0 Å². The number of carbonyl (C=O) groups is 1. The highest BCUT2D eigenvalue weighted by molar-refractivity contribution is 5.75. The van der Waals surface area contributed by atoms with E-state index >= 15 is 0 Å². The zero-order chi connectivity index (χ0) is 13.8. The summed E-state index contributed by atoms with van der Waals surface area (Å²) >= 11 is 0. The molecule has 0 amide bonds. The number of halogens is 3. The molecule has 0 aliphatic heterocycles. The monoisotopic (exact) mass is 263 g/mol. The van der Waals surface area contributed by atoms with Crippen molar-refractivity contribution in [3.05, 3.63) is 23.8 Å².